The van der Waals surface area contributed by atoms with Gasteiger partial charge in [-0.15, -0.1) is 0 Å². The lowest BCUT2D eigenvalue weighted by Gasteiger charge is -2.19. The van der Waals surface area contributed by atoms with E-state index < -0.39 is 0 Å². The summed E-state index contributed by atoms with van der Waals surface area (Å²) in [5.41, 5.74) is 0. The minimum atomic E-state index is -0.211. The van der Waals surface area contributed by atoms with Gasteiger partial charge in [0, 0.05) is 12.8 Å². The quantitative estimate of drug-likeness (QED) is 0.280. The smallest absolute Gasteiger partial charge is 0.306 e. The average molecular weight is 357 g/mol. The summed E-state index contributed by atoms with van der Waals surface area (Å²) < 4.78 is 10.7. The lowest BCUT2D eigenvalue weighted by Crippen LogP contribution is -2.19. The van der Waals surface area contributed by atoms with Crippen LogP contribution in [0.4, 0.5) is 0 Å². The summed E-state index contributed by atoms with van der Waals surface area (Å²) >= 11 is 0. The van der Waals surface area contributed by atoms with Crippen molar-refractivity contribution in [2.45, 2.75) is 105 Å². The maximum atomic E-state index is 11.9. The maximum Gasteiger partial charge on any atom is 0.306 e. The van der Waals surface area contributed by atoms with Crippen LogP contribution in [0.15, 0.2) is 0 Å². The summed E-state index contributed by atoms with van der Waals surface area (Å²) in [5, 5.41) is 0. The maximum absolute atomic E-state index is 11.9. The zero-order valence-electron chi connectivity index (χ0n) is 17.1. The van der Waals surface area contributed by atoms with Crippen molar-refractivity contribution in [1.29, 1.82) is 0 Å². The first kappa shape index (κ1) is 23.9. The topological polar surface area (TPSA) is 52.6 Å². The SMILES string of the molecule is CCC(CC)CCC(CC)OC(=O)CCCC(=O)OCCCC(C)C. The number of hydrogen-bond acceptors (Lipinski definition) is 4. The molecule has 0 aliphatic heterocycles. The van der Waals surface area contributed by atoms with E-state index in [1.165, 1.54) is 12.8 Å². The molecule has 0 spiro atoms. The molecule has 0 aliphatic carbocycles. The van der Waals surface area contributed by atoms with Gasteiger partial charge in [0.05, 0.1) is 6.61 Å². The van der Waals surface area contributed by atoms with Crippen LogP contribution in [0.1, 0.15) is 98.8 Å². The highest BCUT2D eigenvalue weighted by atomic mass is 16.5. The Morgan fingerprint density at radius 1 is 0.800 bits per heavy atom. The minimum absolute atomic E-state index is 0.0103. The van der Waals surface area contributed by atoms with Crippen molar-refractivity contribution in [3.05, 3.63) is 0 Å². The lowest BCUT2D eigenvalue weighted by atomic mass is 9.95. The molecule has 1 atom stereocenters. The molecule has 4 nitrogen and oxygen atoms in total. The largest absolute Gasteiger partial charge is 0.466 e. The molecule has 4 heteroatoms. The van der Waals surface area contributed by atoms with Gasteiger partial charge in [-0.05, 0) is 50.4 Å². The summed E-state index contributed by atoms with van der Waals surface area (Å²) in [6.07, 6.45) is 8.33. The third-order valence-corrected chi connectivity index (χ3v) is 4.76. The molecule has 0 aliphatic rings. The van der Waals surface area contributed by atoms with Gasteiger partial charge in [-0.3, -0.25) is 9.59 Å². The molecular formula is C21H40O4. The molecule has 0 rings (SSSR count). The first-order chi connectivity index (χ1) is 11.9. The Morgan fingerprint density at radius 2 is 1.44 bits per heavy atom. The molecule has 0 radical (unpaired) electrons. The summed E-state index contributed by atoms with van der Waals surface area (Å²) in [6, 6.07) is 0. The Balaban J connectivity index is 3.83. The van der Waals surface area contributed by atoms with E-state index in [1.807, 2.05) is 0 Å². The molecule has 0 bridgehead atoms. The van der Waals surface area contributed by atoms with E-state index in [9.17, 15) is 9.59 Å². The number of hydrogen-bond donors (Lipinski definition) is 0. The highest BCUT2D eigenvalue weighted by molar-refractivity contribution is 5.72. The van der Waals surface area contributed by atoms with E-state index in [0.717, 1.165) is 38.0 Å². The fourth-order valence-corrected chi connectivity index (χ4v) is 2.84. The van der Waals surface area contributed by atoms with Crippen LogP contribution < -0.4 is 0 Å². The molecule has 25 heavy (non-hydrogen) atoms. The standard InChI is InChI=1S/C21H40O4/c1-6-18(7-2)14-15-19(8-3)25-21(23)13-9-12-20(22)24-16-10-11-17(4)5/h17-19H,6-16H2,1-5H3. The fourth-order valence-electron chi connectivity index (χ4n) is 2.84. The van der Waals surface area contributed by atoms with Crippen LogP contribution >= 0.6 is 0 Å². The van der Waals surface area contributed by atoms with Gasteiger partial charge >= 0.3 is 11.9 Å². The normalized spacial score (nSPS) is 12.4. The molecule has 0 N–H and O–H groups in total. The highest BCUT2D eigenvalue weighted by Gasteiger charge is 2.15. The number of carbonyl (C=O) groups is 2. The van der Waals surface area contributed by atoms with Crippen LogP contribution in [0.2, 0.25) is 0 Å². The molecule has 0 saturated heterocycles. The van der Waals surface area contributed by atoms with Gasteiger partial charge < -0.3 is 9.47 Å². The van der Waals surface area contributed by atoms with Crippen molar-refractivity contribution in [2.24, 2.45) is 11.8 Å². The van der Waals surface area contributed by atoms with Crippen LogP contribution in [-0.2, 0) is 19.1 Å². The van der Waals surface area contributed by atoms with Crippen molar-refractivity contribution < 1.29 is 19.1 Å². The molecule has 0 aromatic carbocycles. The Morgan fingerprint density at radius 3 is 2.00 bits per heavy atom. The summed E-state index contributed by atoms with van der Waals surface area (Å²) in [7, 11) is 0. The van der Waals surface area contributed by atoms with Crippen LogP contribution in [0.5, 0.6) is 0 Å². The van der Waals surface area contributed by atoms with Crippen molar-refractivity contribution in [2.75, 3.05) is 6.61 Å². The molecule has 0 amide bonds. The second kappa shape index (κ2) is 15.2. The van der Waals surface area contributed by atoms with E-state index >= 15 is 0 Å². The average Bonchev–Trinajstić information content (AvgIpc) is 2.58. The molecule has 0 aromatic heterocycles. The molecular weight excluding hydrogens is 316 g/mol. The third-order valence-electron chi connectivity index (χ3n) is 4.76. The second-order valence-corrected chi connectivity index (χ2v) is 7.39. The second-order valence-electron chi connectivity index (χ2n) is 7.39. The molecule has 0 heterocycles. The van der Waals surface area contributed by atoms with Gasteiger partial charge in [-0.1, -0.05) is 47.5 Å². The third kappa shape index (κ3) is 13.9. The number of rotatable bonds is 15. The molecule has 0 saturated carbocycles. The van der Waals surface area contributed by atoms with E-state index in [2.05, 4.69) is 34.6 Å². The van der Waals surface area contributed by atoms with Crippen LogP contribution in [0.3, 0.4) is 0 Å². The number of esters is 2. The van der Waals surface area contributed by atoms with Crippen molar-refractivity contribution in [3.63, 3.8) is 0 Å². The number of ether oxygens (including phenoxy) is 2. The van der Waals surface area contributed by atoms with Gasteiger partial charge in [-0.2, -0.15) is 0 Å². The highest BCUT2D eigenvalue weighted by Crippen LogP contribution is 2.19. The minimum Gasteiger partial charge on any atom is -0.466 e. The van der Waals surface area contributed by atoms with E-state index in [4.69, 9.17) is 9.47 Å². The van der Waals surface area contributed by atoms with Crippen LogP contribution in [0, 0.1) is 11.8 Å². The predicted octanol–water partition coefficient (Wildman–Crippen LogP) is 5.67. The summed E-state index contributed by atoms with van der Waals surface area (Å²) in [5.74, 6) is 0.949. The summed E-state index contributed by atoms with van der Waals surface area (Å²) in [4.78, 5) is 23.6. The van der Waals surface area contributed by atoms with Crippen LogP contribution in [0.25, 0.3) is 0 Å². The zero-order chi connectivity index (χ0) is 19.1. The van der Waals surface area contributed by atoms with E-state index in [0.29, 0.717) is 31.8 Å². The van der Waals surface area contributed by atoms with Crippen molar-refractivity contribution in [1.82, 2.24) is 0 Å². The monoisotopic (exact) mass is 356 g/mol. The fraction of sp³-hybridized carbons (Fsp3) is 0.905. The Kier molecular flexibility index (Phi) is 14.6. The van der Waals surface area contributed by atoms with Gasteiger partial charge in [0.1, 0.15) is 6.10 Å². The predicted molar refractivity (Wildman–Crippen MR) is 102 cm³/mol. The van der Waals surface area contributed by atoms with Gasteiger partial charge in [0.15, 0.2) is 0 Å². The number of carbonyl (C=O) groups excluding carboxylic acids is 2. The van der Waals surface area contributed by atoms with Crippen LogP contribution in [-0.4, -0.2) is 24.6 Å². The summed E-state index contributed by atoms with van der Waals surface area (Å²) in [6.45, 7) is 11.3. The van der Waals surface area contributed by atoms with Crippen molar-refractivity contribution in [3.8, 4) is 0 Å². The van der Waals surface area contributed by atoms with Gasteiger partial charge in [0.2, 0.25) is 0 Å². The Bertz CT molecular complexity index is 348. The van der Waals surface area contributed by atoms with E-state index in [1.54, 1.807) is 0 Å². The zero-order valence-corrected chi connectivity index (χ0v) is 17.1. The molecule has 148 valence electrons. The molecule has 0 fully saturated rings. The lowest BCUT2D eigenvalue weighted by molar-refractivity contribution is -0.150. The first-order valence-corrected chi connectivity index (χ1v) is 10.3. The molecule has 0 aromatic rings. The van der Waals surface area contributed by atoms with Crippen molar-refractivity contribution >= 4 is 11.9 Å². The molecule has 1 unspecified atom stereocenters. The van der Waals surface area contributed by atoms with E-state index in [-0.39, 0.29) is 18.0 Å². The van der Waals surface area contributed by atoms with Gasteiger partial charge in [0.25, 0.3) is 0 Å². The Labute approximate surface area is 155 Å². The Hall–Kier alpha value is -1.06. The first-order valence-electron chi connectivity index (χ1n) is 10.3. The van der Waals surface area contributed by atoms with Gasteiger partial charge in [-0.25, -0.2) is 0 Å².